The molecule has 1 heterocycles. The molecule has 0 atom stereocenters. The number of halogens is 1. The standard InChI is InChI=1S/C23H21FN4O4/c1-13-4-3-5-17(12-13)26-19(29)18-14(2)25-22(32-18)28-21(31)23(10-11-23)20(30)27-16-8-6-15(24)7-9-16/h3-9,12H,10-11H2,1-2H3,(H,26,29)(H,27,30)(H,25,28,31). The van der Waals surface area contributed by atoms with Crippen molar-refractivity contribution in [3.63, 3.8) is 0 Å². The van der Waals surface area contributed by atoms with Crippen molar-refractivity contribution in [3.8, 4) is 0 Å². The van der Waals surface area contributed by atoms with E-state index < -0.39 is 29.0 Å². The largest absolute Gasteiger partial charge is 0.418 e. The van der Waals surface area contributed by atoms with Crippen molar-refractivity contribution in [2.45, 2.75) is 26.7 Å². The topological polar surface area (TPSA) is 113 Å². The third kappa shape index (κ3) is 4.36. The molecule has 9 heteroatoms. The molecule has 4 rings (SSSR count). The van der Waals surface area contributed by atoms with Gasteiger partial charge in [-0.3, -0.25) is 19.7 Å². The molecule has 3 aromatic rings. The molecule has 1 aliphatic rings. The minimum atomic E-state index is -1.26. The summed E-state index contributed by atoms with van der Waals surface area (Å²) in [5.41, 5.74) is 1.01. The van der Waals surface area contributed by atoms with E-state index in [2.05, 4.69) is 20.9 Å². The van der Waals surface area contributed by atoms with Crippen molar-refractivity contribution < 1.29 is 23.2 Å². The molecule has 3 N–H and O–H groups in total. The number of benzene rings is 2. The van der Waals surface area contributed by atoms with Gasteiger partial charge in [0.25, 0.3) is 5.91 Å². The number of hydrogen-bond acceptors (Lipinski definition) is 5. The van der Waals surface area contributed by atoms with Crippen LogP contribution < -0.4 is 16.0 Å². The summed E-state index contributed by atoms with van der Waals surface area (Å²) < 4.78 is 18.5. The molecule has 2 aromatic carbocycles. The van der Waals surface area contributed by atoms with E-state index in [1.54, 1.807) is 13.0 Å². The van der Waals surface area contributed by atoms with E-state index in [0.29, 0.717) is 29.9 Å². The molecule has 1 fully saturated rings. The number of amides is 3. The number of anilines is 3. The van der Waals surface area contributed by atoms with Gasteiger partial charge in [-0.25, -0.2) is 4.39 Å². The summed E-state index contributed by atoms with van der Waals surface area (Å²) in [6.07, 6.45) is 0.707. The molecule has 0 aliphatic heterocycles. The number of carbonyl (C=O) groups excluding carboxylic acids is 3. The molecule has 1 saturated carbocycles. The lowest BCUT2D eigenvalue weighted by atomic mass is 10.1. The lowest BCUT2D eigenvalue weighted by molar-refractivity contribution is -0.131. The van der Waals surface area contributed by atoms with Gasteiger partial charge in [0.15, 0.2) is 0 Å². The van der Waals surface area contributed by atoms with E-state index in [9.17, 15) is 18.8 Å². The number of rotatable bonds is 6. The van der Waals surface area contributed by atoms with Crippen LogP contribution in [0.2, 0.25) is 0 Å². The van der Waals surface area contributed by atoms with Crippen LogP contribution in [0.25, 0.3) is 0 Å². The number of nitrogens with zero attached hydrogens (tertiary/aromatic N) is 1. The van der Waals surface area contributed by atoms with Crippen molar-refractivity contribution in [2.24, 2.45) is 5.41 Å². The monoisotopic (exact) mass is 436 g/mol. The Morgan fingerprint density at radius 3 is 2.28 bits per heavy atom. The molecule has 1 aliphatic carbocycles. The molecule has 3 amide bonds. The van der Waals surface area contributed by atoms with Crippen LogP contribution >= 0.6 is 0 Å². The Morgan fingerprint density at radius 1 is 0.938 bits per heavy atom. The van der Waals surface area contributed by atoms with Crippen LogP contribution in [0.4, 0.5) is 21.8 Å². The van der Waals surface area contributed by atoms with Crippen molar-refractivity contribution in [2.75, 3.05) is 16.0 Å². The smallest absolute Gasteiger partial charge is 0.302 e. The number of aromatic nitrogens is 1. The first kappa shape index (κ1) is 21.2. The number of aryl methyl sites for hydroxylation is 2. The zero-order valence-electron chi connectivity index (χ0n) is 17.5. The lowest BCUT2D eigenvalue weighted by Gasteiger charge is -2.14. The SMILES string of the molecule is Cc1cccc(NC(=O)c2oc(NC(=O)C3(C(=O)Nc4ccc(F)cc4)CC3)nc2C)c1. The van der Waals surface area contributed by atoms with Crippen LogP contribution in [-0.4, -0.2) is 22.7 Å². The van der Waals surface area contributed by atoms with Gasteiger partial charge in [0.2, 0.25) is 17.6 Å². The molecular formula is C23H21FN4O4. The first-order valence-corrected chi connectivity index (χ1v) is 10.0. The van der Waals surface area contributed by atoms with Gasteiger partial charge in [0.1, 0.15) is 11.2 Å². The predicted molar refractivity (Wildman–Crippen MR) is 116 cm³/mol. The fraction of sp³-hybridized carbons (Fsp3) is 0.217. The number of carbonyl (C=O) groups is 3. The first-order chi connectivity index (χ1) is 15.3. The molecule has 8 nitrogen and oxygen atoms in total. The zero-order chi connectivity index (χ0) is 22.9. The molecule has 32 heavy (non-hydrogen) atoms. The Morgan fingerprint density at radius 2 is 1.62 bits per heavy atom. The Balaban J connectivity index is 1.42. The van der Waals surface area contributed by atoms with Crippen molar-refractivity contribution in [1.29, 1.82) is 0 Å². The third-order valence-corrected chi connectivity index (χ3v) is 5.22. The van der Waals surface area contributed by atoms with Crippen LogP contribution in [0.1, 0.15) is 34.7 Å². The maximum absolute atomic E-state index is 13.0. The van der Waals surface area contributed by atoms with E-state index in [0.717, 1.165) is 5.56 Å². The van der Waals surface area contributed by atoms with Crippen LogP contribution in [0.5, 0.6) is 0 Å². The summed E-state index contributed by atoms with van der Waals surface area (Å²) in [5.74, 6) is -2.05. The van der Waals surface area contributed by atoms with Crippen LogP contribution in [0.15, 0.2) is 52.9 Å². The van der Waals surface area contributed by atoms with Gasteiger partial charge in [0.05, 0.1) is 5.69 Å². The lowest BCUT2D eigenvalue weighted by Crippen LogP contribution is -2.35. The van der Waals surface area contributed by atoms with Gasteiger partial charge in [0, 0.05) is 11.4 Å². The van der Waals surface area contributed by atoms with Gasteiger partial charge >= 0.3 is 6.01 Å². The van der Waals surface area contributed by atoms with Crippen LogP contribution in [-0.2, 0) is 9.59 Å². The predicted octanol–water partition coefficient (Wildman–Crippen LogP) is 4.04. The number of hydrogen-bond donors (Lipinski definition) is 3. The average Bonchev–Trinajstić information content (AvgIpc) is 3.48. The Hall–Kier alpha value is -4.01. The van der Waals surface area contributed by atoms with Crippen LogP contribution in [0, 0.1) is 25.1 Å². The first-order valence-electron chi connectivity index (χ1n) is 10.0. The highest BCUT2D eigenvalue weighted by Crippen LogP contribution is 2.47. The summed E-state index contributed by atoms with van der Waals surface area (Å²) in [6.45, 7) is 3.49. The van der Waals surface area contributed by atoms with Gasteiger partial charge < -0.3 is 15.1 Å². The highest BCUT2D eigenvalue weighted by Gasteiger charge is 2.57. The summed E-state index contributed by atoms with van der Waals surface area (Å²) in [7, 11) is 0. The second kappa shape index (κ2) is 8.26. The number of oxazole rings is 1. The van der Waals surface area contributed by atoms with Crippen molar-refractivity contribution in [1.82, 2.24) is 4.98 Å². The van der Waals surface area contributed by atoms with Gasteiger partial charge in [-0.2, -0.15) is 4.98 Å². The highest BCUT2D eigenvalue weighted by molar-refractivity contribution is 6.16. The molecule has 1 aromatic heterocycles. The molecule has 0 unspecified atom stereocenters. The van der Waals surface area contributed by atoms with E-state index in [1.165, 1.54) is 24.3 Å². The minimum Gasteiger partial charge on any atom is -0.418 e. The van der Waals surface area contributed by atoms with Gasteiger partial charge in [-0.1, -0.05) is 12.1 Å². The zero-order valence-corrected chi connectivity index (χ0v) is 17.5. The minimum absolute atomic E-state index is 0.0394. The summed E-state index contributed by atoms with van der Waals surface area (Å²) in [6, 6.07) is 12.4. The highest BCUT2D eigenvalue weighted by atomic mass is 19.1. The molecule has 0 bridgehead atoms. The quantitative estimate of drug-likeness (QED) is 0.505. The van der Waals surface area contributed by atoms with Gasteiger partial charge in [-0.15, -0.1) is 0 Å². The number of nitrogens with one attached hydrogen (secondary N) is 3. The average molecular weight is 436 g/mol. The second-order valence-electron chi connectivity index (χ2n) is 7.75. The fourth-order valence-corrected chi connectivity index (χ4v) is 3.25. The van der Waals surface area contributed by atoms with Crippen LogP contribution in [0.3, 0.4) is 0 Å². The summed E-state index contributed by atoms with van der Waals surface area (Å²) in [4.78, 5) is 42.0. The molecule has 164 valence electrons. The Labute approximate surface area is 183 Å². The van der Waals surface area contributed by atoms with E-state index >= 15 is 0 Å². The van der Waals surface area contributed by atoms with Gasteiger partial charge in [-0.05, 0) is 68.7 Å². The summed E-state index contributed by atoms with van der Waals surface area (Å²) in [5, 5.41) is 7.84. The normalized spacial score (nSPS) is 13.8. The maximum Gasteiger partial charge on any atom is 0.302 e. The third-order valence-electron chi connectivity index (χ3n) is 5.22. The summed E-state index contributed by atoms with van der Waals surface area (Å²) >= 11 is 0. The van der Waals surface area contributed by atoms with E-state index in [1.807, 2.05) is 25.1 Å². The fourth-order valence-electron chi connectivity index (χ4n) is 3.25. The van der Waals surface area contributed by atoms with Crippen molar-refractivity contribution in [3.05, 3.63) is 71.4 Å². The Bertz CT molecular complexity index is 1200. The molecule has 0 radical (unpaired) electrons. The molecular weight excluding hydrogens is 415 g/mol. The maximum atomic E-state index is 13.0. The van der Waals surface area contributed by atoms with E-state index in [-0.39, 0.29) is 11.8 Å². The molecule has 0 saturated heterocycles. The Kier molecular flexibility index (Phi) is 5.48. The van der Waals surface area contributed by atoms with E-state index in [4.69, 9.17) is 4.42 Å². The molecule has 0 spiro atoms. The van der Waals surface area contributed by atoms with Crippen molar-refractivity contribution >= 4 is 35.1 Å². The second-order valence-corrected chi connectivity index (χ2v) is 7.75.